The monoisotopic (exact) mass is 309 g/mol. The molecule has 0 aliphatic heterocycles. The van der Waals surface area contributed by atoms with Crippen LogP contribution in [0.4, 0.5) is 4.79 Å². The fourth-order valence-corrected chi connectivity index (χ4v) is 2.69. The summed E-state index contributed by atoms with van der Waals surface area (Å²) in [5.74, 6) is 0.381. The highest BCUT2D eigenvalue weighted by Crippen LogP contribution is 2.39. The number of nitrogens with one attached hydrogen (secondary N) is 2. The van der Waals surface area contributed by atoms with Gasteiger partial charge >= 0.3 is 6.03 Å². The van der Waals surface area contributed by atoms with Crippen molar-refractivity contribution in [2.45, 2.75) is 31.3 Å². The maximum Gasteiger partial charge on any atom is 0.315 e. The summed E-state index contributed by atoms with van der Waals surface area (Å²) in [7, 11) is 5.82. The first-order valence-corrected chi connectivity index (χ1v) is 7.67. The third kappa shape index (κ3) is 3.98. The van der Waals surface area contributed by atoms with E-state index < -0.39 is 5.54 Å². The van der Waals surface area contributed by atoms with Crippen LogP contribution in [0.2, 0.25) is 0 Å². The number of urea groups is 1. The van der Waals surface area contributed by atoms with Gasteiger partial charge in [0, 0.05) is 25.4 Å². The molecule has 2 amide bonds. The SMILES string of the molecule is CN(C)C(CNC(=O)NC(C)(CO)C1CC1)c1cnn(C)c1. The van der Waals surface area contributed by atoms with Crippen LogP contribution in [0, 0.1) is 5.92 Å². The molecule has 1 fully saturated rings. The molecule has 3 N–H and O–H groups in total. The van der Waals surface area contributed by atoms with Gasteiger partial charge in [0.1, 0.15) is 0 Å². The van der Waals surface area contributed by atoms with Crippen LogP contribution in [0.15, 0.2) is 12.4 Å². The minimum Gasteiger partial charge on any atom is -0.394 e. The quantitative estimate of drug-likeness (QED) is 0.684. The lowest BCUT2D eigenvalue weighted by Crippen LogP contribution is -2.54. The van der Waals surface area contributed by atoms with Gasteiger partial charge in [0.15, 0.2) is 0 Å². The number of hydrogen-bond acceptors (Lipinski definition) is 4. The van der Waals surface area contributed by atoms with Crippen molar-refractivity contribution in [2.24, 2.45) is 13.0 Å². The van der Waals surface area contributed by atoms with Crippen molar-refractivity contribution in [2.75, 3.05) is 27.2 Å². The Kier molecular flexibility index (Phi) is 5.08. The van der Waals surface area contributed by atoms with E-state index in [1.807, 2.05) is 45.4 Å². The Bertz CT molecular complexity index is 512. The maximum atomic E-state index is 12.1. The summed E-state index contributed by atoms with van der Waals surface area (Å²) < 4.78 is 1.75. The van der Waals surface area contributed by atoms with E-state index in [-0.39, 0.29) is 18.7 Å². The third-order valence-electron chi connectivity index (χ3n) is 4.39. The summed E-state index contributed by atoms with van der Waals surface area (Å²) in [6.45, 7) is 2.34. The number of carbonyl (C=O) groups is 1. The van der Waals surface area contributed by atoms with Gasteiger partial charge in [-0.1, -0.05) is 0 Å². The number of aromatic nitrogens is 2. The molecular formula is C15H27N5O2. The predicted octanol–water partition coefficient (Wildman–Crippen LogP) is 0.483. The smallest absolute Gasteiger partial charge is 0.315 e. The first-order chi connectivity index (χ1) is 10.4. The number of hydrogen-bond donors (Lipinski definition) is 3. The molecule has 124 valence electrons. The lowest BCUT2D eigenvalue weighted by atomic mass is 9.97. The molecule has 2 unspecified atom stereocenters. The molecule has 1 aliphatic carbocycles. The van der Waals surface area contributed by atoms with E-state index in [4.69, 9.17) is 0 Å². The third-order valence-corrected chi connectivity index (χ3v) is 4.39. The van der Waals surface area contributed by atoms with Crippen molar-refractivity contribution < 1.29 is 9.90 Å². The van der Waals surface area contributed by atoms with Crippen LogP contribution in [0.1, 0.15) is 31.4 Å². The maximum absolute atomic E-state index is 12.1. The Morgan fingerprint density at radius 2 is 2.27 bits per heavy atom. The van der Waals surface area contributed by atoms with E-state index in [1.165, 1.54) is 0 Å². The van der Waals surface area contributed by atoms with Crippen molar-refractivity contribution in [1.29, 1.82) is 0 Å². The van der Waals surface area contributed by atoms with E-state index in [2.05, 4.69) is 15.7 Å². The molecule has 2 atom stereocenters. The van der Waals surface area contributed by atoms with Gasteiger partial charge in [0.2, 0.25) is 0 Å². The Labute approximate surface area is 131 Å². The van der Waals surface area contributed by atoms with Crippen LogP contribution < -0.4 is 10.6 Å². The Balaban J connectivity index is 1.90. The number of rotatable bonds is 7. The zero-order valence-corrected chi connectivity index (χ0v) is 13.8. The van der Waals surface area contributed by atoms with Crippen molar-refractivity contribution in [3.8, 4) is 0 Å². The Hall–Kier alpha value is -1.60. The number of nitrogens with zero attached hydrogens (tertiary/aromatic N) is 3. The normalized spacial score (nSPS) is 18.8. The van der Waals surface area contributed by atoms with Gasteiger partial charge in [0.25, 0.3) is 0 Å². The second-order valence-electron chi connectivity index (χ2n) is 6.61. The van der Waals surface area contributed by atoms with Gasteiger partial charge in [-0.25, -0.2) is 4.79 Å². The summed E-state index contributed by atoms with van der Waals surface area (Å²) in [4.78, 5) is 14.2. The number of carbonyl (C=O) groups excluding carboxylic acids is 1. The number of likely N-dealkylation sites (N-methyl/N-ethyl adjacent to an activating group) is 1. The summed E-state index contributed by atoms with van der Waals surface area (Å²) in [6.07, 6.45) is 5.89. The number of aryl methyl sites for hydroxylation is 1. The minimum atomic E-state index is -0.522. The molecule has 7 heteroatoms. The average Bonchev–Trinajstić information content (AvgIpc) is 3.23. The number of aliphatic hydroxyl groups excluding tert-OH is 1. The van der Waals surface area contributed by atoms with Gasteiger partial charge in [-0.2, -0.15) is 5.10 Å². The molecular weight excluding hydrogens is 282 g/mol. The molecule has 0 saturated heterocycles. The van der Waals surface area contributed by atoms with Gasteiger partial charge in [-0.3, -0.25) is 4.68 Å². The van der Waals surface area contributed by atoms with Gasteiger partial charge < -0.3 is 20.6 Å². The van der Waals surface area contributed by atoms with Crippen molar-refractivity contribution in [1.82, 2.24) is 25.3 Å². The van der Waals surface area contributed by atoms with E-state index >= 15 is 0 Å². The summed E-state index contributed by atoms with van der Waals surface area (Å²) in [5.41, 5.74) is 0.534. The molecule has 1 aromatic heterocycles. The molecule has 2 rings (SSSR count). The Morgan fingerprint density at radius 1 is 1.59 bits per heavy atom. The molecule has 7 nitrogen and oxygen atoms in total. The van der Waals surface area contributed by atoms with Gasteiger partial charge in [-0.05, 0) is 39.8 Å². The fourth-order valence-electron chi connectivity index (χ4n) is 2.69. The second kappa shape index (κ2) is 6.66. The molecule has 0 bridgehead atoms. The highest BCUT2D eigenvalue weighted by atomic mass is 16.3. The topological polar surface area (TPSA) is 82.4 Å². The van der Waals surface area contributed by atoms with Crippen LogP contribution in [-0.4, -0.2) is 58.6 Å². The molecule has 1 aromatic rings. The highest BCUT2D eigenvalue weighted by molar-refractivity contribution is 5.75. The van der Waals surface area contributed by atoms with E-state index in [0.717, 1.165) is 18.4 Å². The average molecular weight is 309 g/mol. The van der Waals surface area contributed by atoms with Crippen molar-refractivity contribution >= 4 is 6.03 Å². The molecule has 0 radical (unpaired) electrons. The predicted molar refractivity (Wildman–Crippen MR) is 84.4 cm³/mol. The summed E-state index contributed by atoms with van der Waals surface area (Å²) in [6, 6.07) is -0.181. The van der Waals surface area contributed by atoms with Crippen molar-refractivity contribution in [3.05, 3.63) is 18.0 Å². The van der Waals surface area contributed by atoms with Crippen molar-refractivity contribution in [3.63, 3.8) is 0 Å². The molecule has 1 aliphatic rings. The minimum absolute atomic E-state index is 0.0369. The van der Waals surface area contributed by atoms with Crippen LogP contribution in [0.25, 0.3) is 0 Å². The second-order valence-corrected chi connectivity index (χ2v) is 6.61. The van der Waals surface area contributed by atoms with E-state index in [9.17, 15) is 9.90 Å². The molecule has 1 heterocycles. The lowest BCUT2D eigenvalue weighted by molar-refractivity contribution is 0.154. The standard InChI is InChI=1S/C15H27N5O2/c1-15(10-21,12-5-6-12)18-14(22)16-8-13(19(2)3)11-7-17-20(4)9-11/h7,9,12-13,21H,5-6,8,10H2,1-4H3,(H2,16,18,22). The summed E-state index contributed by atoms with van der Waals surface area (Å²) in [5, 5.41) is 19.5. The van der Waals surface area contributed by atoms with E-state index in [1.54, 1.807) is 4.68 Å². The zero-order chi connectivity index (χ0) is 16.3. The van der Waals surface area contributed by atoms with Crippen LogP contribution in [0.3, 0.4) is 0 Å². The summed E-state index contributed by atoms with van der Waals surface area (Å²) >= 11 is 0. The van der Waals surface area contributed by atoms with Gasteiger partial charge in [0.05, 0.1) is 24.4 Å². The fraction of sp³-hybridized carbons (Fsp3) is 0.733. The van der Waals surface area contributed by atoms with Crippen LogP contribution >= 0.6 is 0 Å². The van der Waals surface area contributed by atoms with E-state index in [0.29, 0.717) is 12.5 Å². The first-order valence-electron chi connectivity index (χ1n) is 7.67. The largest absolute Gasteiger partial charge is 0.394 e. The Morgan fingerprint density at radius 3 is 2.73 bits per heavy atom. The number of aliphatic hydroxyl groups is 1. The van der Waals surface area contributed by atoms with Crippen LogP contribution in [-0.2, 0) is 7.05 Å². The molecule has 22 heavy (non-hydrogen) atoms. The molecule has 0 aromatic carbocycles. The van der Waals surface area contributed by atoms with Crippen LogP contribution in [0.5, 0.6) is 0 Å². The number of amides is 2. The van der Waals surface area contributed by atoms with Gasteiger partial charge in [-0.15, -0.1) is 0 Å². The lowest BCUT2D eigenvalue weighted by Gasteiger charge is -2.30. The first kappa shape index (κ1) is 16.8. The zero-order valence-electron chi connectivity index (χ0n) is 13.8. The molecule has 0 spiro atoms. The molecule has 1 saturated carbocycles. The highest BCUT2D eigenvalue weighted by Gasteiger charge is 2.42.